The molecule has 1 N–H and O–H groups in total. The minimum Gasteiger partial charge on any atom is -0.494 e. The number of aromatic nitrogens is 4. The summed E-state index contributed by atoms with van der Waals surface area (Å²) >= 11 is 0. The Labute approximate surface area is 158 Å². The molecule has 0 atom stereocenters. The first-order valence-corrected chi connectivity index (χ1v) is 9.25. The maximum atomic E-state index is 12.1. The Morgan fingerprint density at radius 3 is 2.81 bits per heavy atom. The van der Waals surface area contributed by atoms with Gasteiger partial charge in [0.1, 0.15) is 12.1 Å². The number of hydrogen-bond acceptors (Lipinski definition) is 5. The minimum absolute atomic E-state index is 0.0523. The lowest BCUT2D eigenvalue weighted by atomic mass is 10.1. The number of ether oxygens (including phenoxy) is 1. The Kier molecular flexibility index (Phi) is 6.35. The summed E-state index contributed by atoms with van der Waals surface area (Å²) in [5.74, 6) is 1.53. The Bertz CT molecular complexity index is 892. The Hall–Kier alpha value is -2.96. The number of hydrogen-bond donors (Lipinski definition) is 1. The summed E-state index contributed by atoms with van der Waals surface area (Å²) in [5.41, 5.74) is 2.94. The summed E-state index contributed by atoms with van der Waals surface area (Å²) in [4.78, 5) is 20.7. The molecule has 7 heteroatoms. The maximum Gasteiger partial charge on any atom is 0.252 e. The number of nitrogens with one attached hydrogen (secondary N) is 1. The van der Waals surface area contributed by atoms with Crippen LogP contribution < -0.4 is 10.1 Å². The normalized spacial score (nSPS) is 10.9. The van der Waals surface area contributed by atoms with E-state index in [-0.39, 0.29) is 5.91 Å². The van der Waals surface area contributed by atoms with Crippen LogP contribution in [0.4, 0.5) is 0 Å². The summed E-state index contributed by atoms with van der Waals surface area (Å²) in [7, 11) is 0. The van der Waals surface area contributed by atoms with Crippen LogP contribution in [0.5, 0.6) is 5.75 Å². The highest BCUT2D eigenvalue weighted by Crippen LogP contribution is 2.14. The third-order valence-corrected chi connectivity index (χ3v) is 4.50. The number of benzene rings is 1. The van der Waals surface area contributed by atoms with Gasteiger partial charge in [-0.05, 0) is 50.8 Å². The molecule has 3 aromatic rings. The molecule has 0 bridgehead atoms. The molecule has 0 radical (unpaired) electrons. The van der Waals surface area contributed by atoms with Crippen molar-refractivity contribution >= 4 is 11.7 Å². The highest BCUT2D eigenvalue weighted by Gasteiger charge is 2.12. The molecular formula is C20H25N5O2. The van der Waals surface area contributed by atoms with Gasteiger partial charge in [-0.2, -0.15) is 10.1 Å². The first-order valence-electron chi connectivity index (χ1n) is 9.25. The summed E-state index contributed by atoms with van der Waals surface area (Å²) in [5, 5.41) is 7.15. The molecule has 3 rings (SSSR count). The van der Waals surface area contributed by atoms with Gasteiger partial charge in [-0.1, -0.05) is 18.2 Å². The highest BCUT2D eigenvalue weighted by atomic mass is 16.5. The SMILES string of the molecule is Cc1nc2ncnn2c(C)c1CCC(=O)NCCCCOc1ccccc1. The van der Waals surface area contributed by atoms with Crippen LogP contribution in [0.2, 0.25) is 0 Å². The fraction of sp³-hybridized carbons (Fsp3) is 0.400. The molecule has 27 heavy (non-hydrogen) atoms. The number of carbonyl (C=O) groups excluding carboxylic acids is 1. The van der Waals surface area contributed by atoms with E-state index in [0.717, 1.165) is 35.5 Å². The molecular weight excluding hydrogens is 342 g/mol. The van der Waals surface area contributed by atoms with Crippen LogP contribution in [-0.4, -0.2) is 38.6 Å². The van der Waals surface area contributed by atoms with Gasteiger partial charge in [-0.3, -0.25) is 4.79 Å². The van der Waals surface area contributed by atoms with E-state index in [1.165, 1.54) is 6.33 Å². The molecule has 0 saturated heterocycles. The molecule has 142 valence electrons. The number of nitrogens with zero attached hydrogens (tertiary/aromatic N) is 4. The van der Waals surface area contributed by atoms with Gasteiger partial charge in [0.15, 0.2) is 0 Å². The van der Waals surface area contributed by atoms with Crippen molar-refractivity contribution in [3.8, 4) is 5.75 Å². The van der Waals surface area contributed by atoms with E-state index in [0.29, 0.717) is 31.8 Å². The molecule has 1 amide bonds. The first-order chi connectivity index (χ1) is 13.1. The maximum absolute atomic E-state index is 12.1. The van der Waals surface area contributed by atoms with Crippen molar-refractivity contribution in [2.75, 3.05) is 13.2 Å². The Morgan fingerprint density at radius 1 is 1.19 bits per heavy atom. The number of fused-ring (bicyclic) bond motifs is 1. The van der Waals surface area contributed by atoms with Crippen LogP contribution in [0.25, 0.3) is 5.78 Å². The van der Waals surface area contributed by atoms with Crippen LogP contribution in [0.1, 0.15) is 36.2 Å². The van der Waals surface area contributed by atoms with Crippen molar-refractivity contribution in [2.45, 2.75) is 39.5 Å². The van der Waals surface area contributed by atoms with E-state index in [9.17, 15) is 4.79 Å². The zero-order valence-electron chi connectivity index (χ0n) is 15.8. The lowest BCUT2D eigenvalue weighted by Gasteiger charge is -2.10. The summed E-state index contributed by atoms with van der Waals surface area (Å²) < 4.78 is 7.36. The van der Waals surface area contributed by atoms with Gasteiger partial charge >= 0.3 is 0 Å². The molecule has 0 unspecified atom stereocenters. The smallest absolute Gasteiger partial charge is 0.252 e. The van der Waals surface area contributed by atoms with Gasteiger partial charge in [-0.25, -0.2) is 9.50 Å². The number of carbonyl (C=O) groups is 1. The van der Waals surface area contributed by atoms with Crippen molar-refractivity contribution in [3.63, 3.8) is 0 Å². The van der Waals surface area contributed by atoms with E-state index in [2.05, 4.69) is 20.4 Å². The molecule has 2 heterocycles. The van der Waals surface area contributed by atoms with Crippen molar-refractivity contribution in [1.82, 2.24) is 24.9 Å². The third kappa shape index (κ3) is 5.03. The molecule has 0 spiro atoms. The summed E-state index contributed by atoms with van der Waals surface area (Å²) in [6.45, 7) is 5.25. The average molecular weight is 367 g/mol. The largest absolute Gasteiger partial charge is 0.494 e. The Morgan fingerprint density at radius 2 is 2.00 bits per heavy atom. The molecule has 0 aliphatic heterocycles. The minimum atomic E-state index is 0.0523. The molecule has 0 aliphatic rings. The van der Waals surface area contributed by atoms with E-state index in [4.69, 9.17) is 4.74 Å². The Balaban J connectivity index is 1.36. The van der Waals surface area contributed by atoms with Gasteiger partial charge in [-0.15, -0.1) is 0 Å². The summed E-state index contributed by atoms with van der Waals surface area (Å²) in [6.07, 6.45) is 4.36. The van der Waals surface area contributed by atoms with Crippen molar-refractivity contribution in [2.24, 2.45) is 0 Å². The zero-order valence-corrected chi connectivity index (χ0v) is 15.8. The van der Waals surface area contributed by atoms with Crippen molar-refractivity contribution < 1.29 is 9.53 Å². The quantitative estimate of drug-likeness (QED) is 0.588. The van der Waals surface area contributed by atoms with Gasteiger partial charge in [0, 0.05) is 24.4 Å². The predicted octanol–water partition coefficient (Wildman–Crippen LogP) is 2.65. The highest BCUT2D eigenvalue weighted by molar-refractivity contribution is 5.76. The standard InChI is InChI=1S/C20H25N5O2/c1-15-18(16(2)25-20(24-15)22-14-23-25)10-11-19(26)21-12-6-7-13-27-17-8-4-3-5-9-17/h3-5,8-9,14H,6-7,10-13H2,1-2H3,(H,21,26). The summed E-state index contributed by atoms with van der Waals surface area (Å²) in [6, 6.07) is 9.75. The second-order valence-electron chi connectivity index (χ2n) is 6.45. The van der Waals surface area contributed by atoms with Gasteiger partial charge < -0.3 is 10.1 Å². The van der Waals surface area contributed by atoms with Crippen LogP contribution in [0.15, 0.2) is 36.7 Å². The predicted molar refractivity (Wildman–Crippen MR) is 103 cm³/mol. The van der Waals surface area contributed by atoms with Crippen LogP contribution in [0.3, 0.4) is 0 Å². The lowest BCUT2D eigenvalue weighted by molar-refractivity contribution is -0.121. The van der Waals surface area contributed by atoms with E-state index in [1.807, 2.05) is 44.2 Å². The number of para-hydroxylation sites is 1. The van der Waals surface area contributed by atoms with Crippen molar-refractivity contribution in [1.29, 1.82) is 0 Å². The van der Waals surface area contributed by atoms with Crippen LogP contribution >= 0.6 is 0 Å². The molecule has 0 aliphatic carbocycles. The van der Waals surface area contributed by atoms with Crippen LogP contribution in [-0.2, 0) is 11.2 Å². The van der Waals surface area contributed by atoms with E-state index >= 15 is 0 Å². The van der Waals surface area contributed by atoms with Crippen molar-refractivity contribution in [3.05, 3.63) is 53.6 Å². The molecule has 2 aromatic heterocycles. The second-order valence-corrected chi connectivity index (χ2v) is 6.45. The van der Waals surface area contributed by atoms with Gasteiger partial charge in [0.05, 0.1) is 6.61 Å². The molecule has 1 aromatic carbocycles. The lowest BCUT2D eigenvalue weighted by Crippen LogP contribution is -2.25. The third-order valence-electron chi connectivity index (χ3n) is 4.50. The second kappa shape index (κ2) is 9.12. The van der Waals surface area contributed by atoms with E-state index in [1.54, 1.807) is 4.52 Å². The number of unbranched alkanes of at least 4 members (excludes halogenated alkanes) is 1. The number of rotatable bonds is 9. The topological polar surface area (TPSA) is 81.4 Å². The number of amides is 1. The first kappa shape index (κ1) is 18.8. The van der Waals surface area contributed by atoms with Crippen LogP contribution in [0, 0.1) is 13.8 Å². The van der Waals surface area contributed by atoms with E-state index < -0.39 is 0 Å². The molecule has 0 saturated carbocycles. The zero-order chi connectivity index (χ0) is 19.1. The van der Waals surface area contributed by atoms with Gasteiger partial charge in [0.2, 0.25) is 5.91 Å². The average Bonchev–Trinajstić information content (AvgIpc) is 3.13. The monoisotopic (exact) mass is 367 g/mol. The van der Waals surface area contributed by atoms with Gasteiger partial charge in [0.25, 0.3) is 5.78 Å². The fourth-order valence-corrected chi connectivity index (χ4v) is 3.01. The molecule has 7 nitrogen and oxygen atoms in total. The number of aryl methyl sites for hydroxylation is 2. The molecule has 0 fully saturated rings. The fourth-order valence-electron chi connectivity index (χ4n) is 3.01.